The monoisotopic (exact) mass is 204 g/mol. The first-order valence-corrected chi connectivity index (χ1v) is 5.10. The normalized spacial score (nSPS) is 28.5. The predicted molar refractivity (Wildman–Crippen MR) is 60.4 cm³/mol. The Kier molecular flexibility index (Phi) is 2.18. The number of nitrogens with two attached hydrogens (primary N) is 1. The Bertz CT molecular complexity index is 402. The summed E-state index contributed by atoms with van der Waals surface area (Å²) < 4.78 is 5.18. The highest BCUT2D eigenvalue weighted by molar-refractivity contribution is 5.92. The number of amidine groups is 1. The third kappa shape index (κ3) is 1.39. The topological polar surface area (TPSA) is 59.1 Å². The van der Waals surface area contributed by atoms with Crippen molar-refractivity contribution in [2.45, 2.75) is 18.8 Å². The lowest BCUT2D eigenvalue weighted by molar-refractivity contribution is 0.414. The van der Waals surface area contributed by atoms with E-state index in [1.165, 1.54) is 0 Å². The van der Waals surface area contributed by atoms with Crippen molar-refractivity contribution in [1.29, 1.82) is 5.41 Å². The Morgan fingerprint density at radius 2 is 2.27 bits per heavy atom. The molecule has 0 radical (unpaired) electrons. The van der Waals surface area contributed by atoms with E-state index in [1.807, 2.05) is 24.3 Å². The number of hydrogen-bond acceptors (Lipinski definition) is 2. The smallest absolute Gasteiger partial charge is 0.119 e. The molecule has 2 atom stereocenters. The number of nitrogens with one attached hydrogen (secondary N) is 1. The van der Waals surface area contributed by atoms with E-state index >= 15 is 0 Å². The third-order valence-electron chi connectivity index (χ3n) is 3.37. The maximum absolute atomic E-state index is 7.69. The average Bonchev–Trinajstić information content (AvgIpc) is 2.92. The quantitative estimate of drug-likeness (QED) is 0.583. The van der Waals surface area contributed by atoms with Crippen LogP contribution in [0.4, 0.5) is 0 Å². The molecule has 3 N–H and O–H groups in total. The van der Waals surface area contributed by atoms with E-state index in [0.29, 0.717) is 5.92 Å². The molecule has 15 heavy (non-hydrogen) atoms. The fraction of sp³-hybridized carbons (Fsp3) is 0.417. The van der Waals surface area contributed by atoms with Crippen LogP contribution in [0, 0.1) is 11.3 Å². The molecule has 1 aliphatic rings. The molecule has 80 valence electrons. The van der Waals surface area contributed by atoms with Crippen molar-refractivity contribution < 1.29 is 4.74 Å². The zero-order valence-electron chi connectivity index (χ0n) is 9.08. The molecule has 0 spiro atoms. The summed E-state index contributed by atoms with van der Waals surface area (Å²) in [4.78, 5) is 0. The van der Waals surface area contributed by atoms with Gasteiger partial charge in [0, 0.05) is 0 Å². The van der Waals surface area contributed by atoms with Crippen LogP contribution in [0.1, 0.15) is 18.9 Å². The molecule has 1 aliphatic carbocycles. The van der Waals surface area contributed by atoms with E-state index in [1.54, 1.807) is 7.11 Å². The average molecular weight is 204 g/mol. The molecule has 0 saturated heterocycles. The van der Waals surface area contributed by atoms with Gasteiger partial charge in [-0.05, 0) is 30.0 Å². The molecule has 2 rings (SSSR count). The van der Waals surface area contributed by atoms with Gasteiger partial charge in [-0.2, -0.15) is 0 Å². The number of ether oxygens (including phenoxy) is 1. The predicted octanol–water partition coefficient (Wildman–Crippen LogP) is 1.91. The first kappa shape index (κ1) is 10.0. The highest BCUT2D eigenvalue weighted by Crippen LogP contribution is 2.54. The van der Waals surface area contributed by atoms with E-state index in [0.717, 1.165) is 17.7 Å². The second-order valence-electron chi connectivity index (χ2n) is 4.22. The van der Waals surface area contributed by atoms with Crippen molar-refractivity contribution in [3.05, 3.63) is 29.8 Å². The third-order valence-corrected chi connectivity index (χ3v) is 3.37. The summed E-state index contributed by atoms with van der Waals surface area (Å²) in [5.74, 6) is 1.55. The number of rotatable bonds is 3. The Hall–Kier alpha value is -1.51. The van der Waals surface area contributed by atoms with E-state index < -0.39 is 0 Å². The van der Waals surface area contributed by atoms with Crippen LogP contribution in [-0.2, 0) is 5.41 Å². The summed E-state index contributed by atoms with van der Waals surface area (Å²) >= 11 is 0. The van der Waals surface area contributed by atoms with Gasteiger partial charge in [0.15, 0.2) is 0 Å². The van der Waals surface area contributed by atoms with Gasteiger partial charge in [0.25, 0.3) is 0 Å². The maximum atomic E-state index is 7.69. The zero-order valence-corrected chi connectivity index (χ0v) is 9.08. The summed E-state index contributed by atoms with van der Waals surface area (Å²) in [6.07, 6.45) is 0.968. The van der Waals surface area contributed by atoms with Crippen molar-refractivity contribution >= 4 is 5.84 Å². The van der Waals surface area contributed by atoms with Crippen molar-refractivity contribution in [2.75, 3.05) is 7.11 Å². The van der Waals surface area contributed by atoms with Gasteiger partial charge in [-0.3, -0.25) is 5.41 Å². The van der Waals surface area contributed by atoms with Gasteiger partial charge in [-0.15, -0.1) is 0 Å². The molecule has 0 aromatic heterocycles. The zero-order chi connectivity index (χ0) is 11.1. The largest absolute Gasteiger partial charge is 0.497 e. The summed E-state index contributed by atoms with van der Waals surface area (Å²) in [5, 5.41) is 7.69. The SMILES string of the molecule is COc1cccc(C2(C(=N)N)CC2C)c1. The fourth-order valence-electron chi connectivity index (χ4n) is 2.26. The Balaban J connectivity index is 2.40. The highest BCUT2D eigenvalue weighted by atomic mass is 16.5. The van der Waals surface area contributed by atoms with Crippen LogP contribution in [0.25, 0.3) is 0 Å². The van der Waals surface area contributed by atoms with Gasteiger partial charge in [0.2, 0.25) is 0 Å². The van der Waals surface area contributed by atoms with Crippen LogP contribution in [0.15, 0.2) is 24.3 Å². The lowest BCUT2D eigenvalue weighted by Crippen LogP contribution is -2.29. The maximum Gasteiger partial charge on any atom is 0.119 e. The Morgan fingerprint density at radius 1 is 1.60 bits per heavy atom. The lowest BCUT2D eigenvalue weighted by Gasteiger charge is -2.16. The molecular formula is C12H16N2O. The number of hydrogen-bond donors (Lipinski definition) is 2. The molecule has 3 nitrogen and oxygen atoms in total. The summed E-state index contributed by atoms with van der Waals surface area (Å²) in [6, 6.07) is 7.85. The van der Waals surface area contributed by atoms with E-state index in [-0.39, 0.29) is 11.3 Å². The van der Waals surface area contributed by atoms with E-state index in [2.05, 4.69) is 6.92 Å². The molecule has 1 aromatic carbocycles. The summed E-state index contributed by atoms with van der Waals surface area (Å²) in [6.45, 7) is 2.13. The number of methoxy groups -OCH3 is 1. The minimum Gasteiger partial charge on any atom is -0.497 e. The van der Waals surface area contributed by atoms with Crippen molar-refractivity contribution in [2.24, 2.45) is 11.7 Å². The minimum atomic E-state index is -0.228. The van der Waals surface area contributed by atoms with Crippen LogP contribution < -0.4 is 10.5 Å². The van der Waals surface area contributed by atoms with E-state index in [9.17, 15) is 0 Å². The molecule has 3 heteroatoms. The van der Waals surface area contributed by atoms with Gasteiger partial charge < -0.3 is 10.5 Å². The minimum absolute atomic E-state index is 0.228. The molecule has 0 heterocycles. The van der Waals surface area contributed by atoms with Gasteiger partial charge in [-0.1, -0.05) is 19.1 Å². The Labute approximate surface area is 89.8 Å². The molecule has 2 unspecified atom stereocenters. The van der Waals surface area contributed by atoms with E-state index in [4.69, 9.17) is 15.9 Å². The molecular weight excluding hydrogens is 188 g/mol. The van der Waals surface area contributed by atoms with Crippen molar-refractivity contribution in [3.8, 4) is 5.75 Å². The lowest BCUT2D eigenvalue weighted by atomic mass is 9.92. The van der Waals surface area contributed by atoms with Gasteiger partial charge in [0.05, 0.1) is 12.5 Å². The van der Waals surface area contributed by atoms with Gasteiger partial charge >= 0.3 is 0 Å². The molecule has 0 amide bonds. The van der Waals surface area contributed by atoms with Gasteiger partial charge in [-0.25, -0.2) is 0 Å². The second-order valence-corrected chi connectivity index (χ2v) is 4.22. The first-order valence-electron chi connectivity index (χ1n) is 5.10. The van der Waals surface area contributed by atoms with Crippen LogP contribution >= 0.6 is 0 Å². The molecule has 1 saturated carbocycles. The standard InChI is InChI=1S/C12H16N2O/c1-8-7-12(8,11(13)14)9-4-3-5-10(6-9)15-2/h3-6,8H,7H2,1-2H3,(H3,13,14). The molecule has 1 fully saturated rings. The summed E-state index contributed by atoms with van der Waals surface area (Å²) in [7, 11) is 1.65. The molecule has 0 aliphatic heterocycles. The number of benzene rings is 1. The van der Waals surface area contributed by atoms with Crippen LogP contribution in [0.2, 0.25) is 0 Å². The Morgan fingerprint density at radius 3 is 2.73 bits per heavy atom. The van der Waals surface area contributed by atoms with Crippen LogP contribution in [-0.4, -0.2) is 12.9 Å². The van der Waals surface area contributed by atoms with Crippen LogP contribution in [0.5, 0.6) is 5.75 Å². The van der Waals surface area contributed by atoms with Crippen molar-refractivity contribution in [1.82, 2.24) is 0 Å². The molecule has 0 bridgehead atoms. The van der Waals surface area contributed by atoms with Crippen LogP contribution in [0.3, 0.4) is 0 Å². The fourth-order valence-corrected chi connectivity index (χ4v) is 2.26. The molecule has 1 aromatic rings. The van der Waals surface area contributed by atoms with Crippen molar-refractivity contribution in [3.63, 3.8) is 0 Å². The van der Waals surface area contributed by atoms with Gasteiger partial charge in [0.1, 0.15) is 11.6 Å². The first-order chi connectivity index (χ1) is 7.11. The second kappa shape index (κ2) is 3.26. The summed E-state index contributed by atoms with van der Waals surface area (Å²) in [5.41, 5.74) is 6.56. The highest BCUT2D eigenvalue weighted by Gasteiger charge is 2.55.